The van der Waals surface area contributed by atoms with Crippen molar-refractivity contribution in [3.63, 3.8) is 0 Å². The van der Waals surface area contributed by atoms with E-state index < -0.39 is 11.9 Å². The summed E-state index contributed by atoms with van der Waals surface area (Å²) in [7, 11) is 2.16. The first-order chi connectivity index (χ1) is 16.8. The molecule has 0 saturated carbocycles. The Morgan fingerprint density at radius 2 is 1.78 bits per heavy atom. The van der Waals surface area contributed by atoms with Gasteiger partial charge in [-0.1, -0.05) is 36.4 Å². The van der Waals surface area contributed by atoms with Gasteiger partial charge in [-0.25, -0.2) is 14.4 Å². The zero-order valence-electron chi connectivity index (χ0n) is 19.9. The molecule has 10 heteroatoms. The molecule has 1 amide bonds. The average molecular weight is 498 g/mol. The Hall–Kier alpha value is -4.15. The van der Waals surface area contributed by atoms with Crippen LogP contribution in [0.15, 0.2) is 66.9 Å². The molecular formula is C26H31N3O7. The van der Waals surface area contributed by atoms with Gasteiger partial charge in [-0.2, -0.15) is 0 Å². The topological polar surface area (TPSA) is 163 Å². The maximum Gasteiger partial charge on any atom is 0.407 e. The van der Waals surface area contributed by atoms with Crippen LogP contribution in [0.5, 0.6) is 0 Å². The first-order valence-electron chi connectivity index (χ1n) is 11.2. The number of nitrogens with one attached hydrogen (secondary N) is 2. The molecule has 0 radical (unpaired) electrons. The lowest BCUT2D eigenvalue weighted by Gasteiger charge is -2.16. The zero-order valence-corrected chi connectivity index (χ0v) is 19.9. The number of aliphatic carboxylic acids is 2. The number of amides is 1. The Morgan fingerprint density at radius 3 is 2.39 bits per heavy atom. The molecule has 1 aromatic heterocycles. The number of alkyl carbamates (subject to hydrolysis) is 1. The van der Waals surface area contributed by atoms with E-state index in [0.29, 0.717) is 18.8 Å². The summed E-state index contributed by atoms with van der Waals surface area (Å²) in [6.07, 6.45) is 4.71. The number of carbonyl (C=O) groups is 3. The standard InChI is InChI=1S/C22H25N3O2.C4H4O4.H2O/c1-25(14-16-5-3-2-4-6-16)10-9-18-13-23-21-8-7-17(12-20(18)21)11-19-15-27-22(26)24-19;5-3(6)1-2-4(7)8;/h2-8,12-13,19,23H,9-11,14-15H2,1H3,(H,24,26);1-2H,(H,5,6)(H,7,8);1H2. The highest BCUT2D eigenvalue weighted by Crippen LogP contribution is 2.22. The molecule has 10 nitrogen and oxygen atoms in total. The van der Waals surface area contributed by atoms with Gasteiger partial charge in [-0.3, -0.25) is 0 Å². The second kappa shape index (κ2) is 13.7. The van der Waals surface area contributed by atoms with Crippen molar-refractivity contribution in [1.82, 2.24) is 15.2 Å². The van der Waals surface area contributed by atoms with E-state index in [4.69, 9.17) is 14.9 Å². The summed E-state index contributed by atoms with van der Waals surface area (Å²) in [6, 6.07) is 17.1. The second-order valence-electron chi connectivity index (χ2n) is 8.32. The number of rotatable bonds is 9. The minimum atomic E-state index is -1.26. The van der Waals surface area contributed by atoms with E-state index in [1.165, 1.54) is 22.1 Å². The Morgan fingerprint density at radius 1 is 1.08 bits per heavy atom. The summed E-state index contributed by atoms with van der Waals surface area (Å²) in [4.78, 5) is 36.0. The number of carboxylic acid groups (broad SMARTS) is 2. The Balaban J connectivity index is 0.000000442. The Bertz CT molecular complexity index is 1170. The number of aromatic amines is 1. The van der Waals surface area contributed by atoms with Crippen molar-refractivity contribution in [1.29, 1.82) is 0 Å². The van der Waals surface area contributed by atoms with E-state index in [-0.39, 0.29) is 17.6 Å². The number of hydrogen-bond donors (Lipinski definition) is 4. The highest BCUT2D eigenvalue weighted by molar-refractivity contribution is 5.89. The first-order valence-corrected chi connectivity index (χ1v) is 11.2. The minimum absolute atomic E-state index is 0. The van der Waals surface area contributed by atoms with Crippen molar-refractivity contribution in [2.45, 2.75) is 25.4 Å². The lowest BCUT2D eigenvalue weighted by Crippen LogP contribution is -2.28. The number of aromatic nitrogens is 1. The number of cyclic esters (lactones) is 1. The van der Waals surface area contributed by atoms with Crippen LogP contribution in [0.4, 0.5) is 4.79 Å². The molecule has 0 bridgehead atoms. The SMILES string of the molecule is CN(CCc1c[nH]c2ccc(CC3COC(=O)N3)cc12)Cc1ccccc1.O.O=C(O)C=CC(=O)O. The fourth-order valence-electron chi connectivity index (χ4n) is 3.81. The summed E-state index contributed by atoms with van der Waals surface area (Å²) >= 11 is 0. The molecule has 3 aromatic rings. The second-order valence-corrected chi connectivity index (χ2v) is 8.32. The molecule has 1 aliphatic rings. The molecule has 0 aliphatic carbocycles. The van der Waals surface area contributed by atoms with Crippen molar-refractivity contribution in [2.24, 2.45) is 0 Å². The third kappa shape index (κ3) is 8.90. The summed E-state index contributed by atoms with van der Waals surface area (Å²) in [5.41, 5.74) is 5.04. The van der Waals surface area contributed by atoms with Gasteiger partial charge in [-0.05, 0) is 48.7 Å². The van der Waals surface area contributed by atoms with Gasteiger partial charge in [0.05, 0.1) is 6.04 Å². The van der Waals surface area contributed by atoms with E-state index in [1.54, 1.807) is 0 Å². The average Bonchev–Trinajstić information content (AvgIpc) is 3.42. The van der Waals surface area contributed by atoms with Crippen LogP contribution in [-0.2, 0) is 33.7 Å². The van der Waals surface area contributed by atoms with Crippen LogP contribution in [0.25, 0.3) is 10.9 Å². The molecule has 0 spiro atoms. The molecule has 4 rings (SSSR count). The number of benzene rings is 2. The number of ether oxygens (including phenoxy) is 1. The van der Waals surface area contributed by atoms with Crippen LogP contribution >= 0.6 is 0 Å². The van der Waals surface area contributed by atoms with Gasteiger partial charge in [-0.15, -0.1) is 0 Å². The maximum absolute atomic E-state index is 11.2. The molecule has 1 unspecified atom stereocenters. The van der Waals surface area contributed by atoms with Crippen LogP contribution in [0, 0.1) is 0 Å². The van der Waals surface area contributed by atoms with Gasteiger partial charge in [0.2, 0.25) is 0 Å². The van der Waals surface area contributed by atoms with Crippen LogP contribution < -0.4 is 5.32 Å². The van der Waals surface area contributed by atoms with E-state index >= 15 is 0 Å². The lowest BCUT2D eigenvalue weighted by atomic mass is 10.0. The lowest BCUT2D eigenvalue weighted by molar-refractivity contribution is -0.134. The Labute approximate surface area is 208 Å². The molecule has 2 aromatic carbocycles. The minimum Gasteiger partial charge on any atom is -0.478 e. The van der Waals surface area contributed by atoms with Gasteiger partial charge in [0.1, 0.15) is 6.61 Å². The fourth-order valence-corrected chi connectivity index (χ4v) is 3.81. The van der Waals surface area contributed by atoms with Crippen LogP contribution in [0.2, 0.25) is 0 Å². The summed E-state index contributed by atoms with van der Waals surface area (Å²) in [6.45, 7) is 2.40. The van der Waals surface area contributed by atoms with Crippen molar-refractivity contribution in [2.75, 3.05) is 20.2 Å². The monoisotopic (exact) mass is 497 g/mol. The normalized spacial score (nSPS) is 14.6. The summed E-state index contributed by atoms with van der Waals surface area (Å²) < 4.78 is 4.99. The van der Waals surface area contributed by atoms with Gasteiger partial charge >= 0.3 is 18.0 Å². The molecule has 1 aliphatic heterocycles. The summed E-state index contributed by atoms with van der Waals surface area (Å²) in [5, 5.41) is 19.7. The van der Waals surface area contributed by atoms with Crippen LogP contribution in [0.3, 0.4) is 0 Å². The number of likely N-dealkylation sites (N-methyl/N-ethyl adjacent to an activating group) is 1. The van der Waals surface area contributed by atoms with Crippen molar-refractivity contribution in [3.8, 4) is 0 Å². The molecule has 6 N–H and O–H groups in total. The number of nitrogens with zero attached hydrogens (tertiary/aromatic N) is 1. The van der Waals surface area contributed by atoms with Crippen molar-refractivity contribution >= 4 is 28.9 Å². The fraction of sp³-hybridized carbons (Fsp3) is 0.269. The molecule has 192 valence electrons. The van der Waals surface area contributed by atoms with Gasteiger partial charge < -0.3 is 35.6 Å². The summed E-state index contributed by atoms with van der Waals surface area (Å²) in [5.74, 6) is -2.51. The highest BCUT2D eigenvalue weighted by atomic mass is 16.6. The Kier molecular flexibility index (Phi) is 10.7. The predicted octanol–water partition coefficient (Wildman–Crippen LogP) is 2.38. The van der Waals surface area contributed by atoms with Gasteiger partial charge in [0.25, 0.3) is 0 Å². The molecule has 1 fully saturated rings. The number of carboxylic acids is 2. The number of hydrogen-bond acceptors (Lipinski definition) is 5. The van der Waals surface area contributed by atoms with Crippen LogP contribution in [0.1, 0.15) is 16.7 Å². The van der Waals surface area contributed by atoms with Crippen LogP contribution in [-0.4, -0.2) is 69.8 Å². The number of H-pyrrole nitrogens is 1. The predicted molar refractivity (Wildman–Crippen MR) is 135 cm³/mol. The van der Waals surface area contributed by atoms with E-state index in [9.17, 15) is 14.4 Å². The van der Waals surface area contributed by atoms with Crippen molar-refractivity contribution < 1.29 is 34.8 Å². The largest absolute Gasteiger partial charge is 0.478 e. The van der Waals surface area contributed by atoms with Gasteiger partial charge in [0.15, 0.2) is 0 Å². The van der Waals surface area contributed by atoms with Crippen molar-refractivity contribution in [3.05, 3.63) is 83.6 Å². The highest BCUT2D eigenvalue weighted by Gasteiger charge is 2.22. The molecule has 2 heterocycles. The molecular weight excluding hydrogens is 466 g/mol. The maximum atomic E-state index is 11.2. The smallest absolute Gasteiger partial charge is 0.407 e. The quantitative estimate of drug-likeness (QED) is 0.330. The van der Waals surface area contributed by atoms with E-state index in [0.717, 1.165) is 31.4 Å². The molecule has 1 atom stereocenters. The number of carbonyl (C=O) groups excluding carboxylic acids is 1. The molecule has 1 saturated heterocycles. The third-order valence-corrected chi connectivity index (χ3v) is 5.48. The third-order valence-electron chi connectivity index (χ3n) is 5.48. The number of fused-ring (bicyclic) bond motifs is 1. The molecule has 36 heavy (non-hydrogen) atoms. The van der Waals surface area contributed by atoms with E-state index in [1.807, 2.05) is 0 Å². The zero-order chi connectivity index (χ0) is 25.2. The van der Waals surface area contributed by atoms with E-state index in [2.05, 4.69) is 77.0 Å². The first kappa shape index (κ1) is 28.1. The van der Waals surface area contributed by atoms with Gasteiger partial charge in [0, 0.05) is 42.3 Å².